The number of nitrogens with zero attached hydrogens (tertiary/aromatic N) is 2. The molecule has 1 aromatic carbocycles. The van der Waals surface area contributed by atoms with E-state index < -0.39 is 0 Å². The molecule has 3 aromatic rings. The van der Waals surface area contributed by atoms with Crippen LogP contribution < -0.4 is 5.56 Å². The number of rotatable bonds is 1. The molecule has 0 bridgehead atoms. The first-order chi connectivity index (χ1) is 9.16. The first-order valence-corrected chi connectivity index (χ1v) is 5.65. The van der Waals surface area contributed by atoms with Gasteiger partial charge in [-0.15, -0.1) is 0 Å². The van der Waals surface area contributed by atoms with Gasteiger partial charge in [-0.3, -0.25) is 9.20 Å². The Balaban J connectivity index is 2.28. The van der Waals surface area contributed by atoms with Gasteiger partial charge in [0, 0.05) is 12.4 Å². The average Bonchev–Trinajstić information content (AvgIpc) is 2.43. The number of fused-ring (bicyclic) bond motifs is 1. The molecule has 0 aliphatic rings. The topological polar surface area (TPSA) is 74.8 Å². The zero-order valence-corrected chi connectivity index (χ0v) is 9.82. The van der Waals surface area contributed by atoms with Crippen molar-refractivity contribution in [2.75, 3.05) is 0 Å². The summed E-state index contributed by atoms with van der Waals surface area (Å²) < 4.78 is 1.43. The lowest BCUT2D eigenvalue weighted by Crippen LogP contribution is -2.16. The van der Waals surface area contributed by atoms with E-state index in [1.54, 1.807) is 30.5 Å². The first-order valence-electron chi connectivity index (χ1n) is 5.65. The fourth-order valence-corrected chi connectivity index (χ4v) is 1.92. The summed E-state index contributed by atoms with van der Waals surface area (Å²) in [6.45, 7) is 0. The molecule has 0 unspecified atom stereocenters. The van der Waals surface area contributed by atoms with Crippen LogP contribution in [0.2, 0.25) is 0 Å². The molecular weight excluding hydrogens is 244 g/mol. The zero-order chi connectivity index (χ0) is 13.4. The Morgan fingerprint density at radius 2 is 1.89 bits per heavy atom. The van der Waals surface area contributed by atoms with Crippen molar-refractivity contribution in [3.05, 3.63) is 59.1 Å². The summed E-state index contributed by atoms with van der Waals surface area (Å²) >= 11 is 0. The summed E-state index contributed by atoms with van der Waals surface area (Å²) in [4.78, 5) is 16.5. The van der Waals surface area contributed by atoms with Crippen LogP contribution in [0.25, 0.3) is 16.8 Å². The molecular formula is C14H10N2O3. The second kappa shape index (κ2) is 4.13. The Morgan fingerprint density at radius 3 is 2.68 bits per heavy atom. The molecule has 94 valence electrons. The van der Waals surface area contributed by atoms with Crippen LogP contribution in [0.15, 0.2) is 53.6 Å². The monoisotopic (exact) mass is 254 g/mol. The van der Waals surface area contributed by atoms with E-state index in [4.69, 9.17) is 0 Å². The van der Waals surface area contributed by atoms with Gasteiger partial charge in [0.25, 0.3) is 5.56 Å². The van der Waals surface area contributed by atoms with Gasteiger partial charge >= 0.3 is 0 Å². The summed E-state index contributed by atoms with van der Waals surface area (Å²) in [7, 11) is 0. The molecule has 0 aliphatic heterocycles. The fourth-order valence-electron chi connectivity index (χ4n) is 1.92. The highest BCUT2D eigenvalue weighted by Crippen LogP contribution is 2.28. The normalized spacial score (nSPS) is 10.7. The third kappa shape index (κ3) is 1.81. The minimum Gasteiger partial charge on any atom is -0.504 e. The third-order valence-corrected chi connectivity index (χ3v) is 2.90. The lowest BCUT2D eigenvalue weighted by Gasteiger charge is -2.05. The van der Waals surface area contributed by atoms with Crippen molar-refractivity contribution in [1.82, 2.24) is 9.38 Å². The van der Waals surface area contributed by atoms with Crippen molar-refractivity contribution in [3.63, 3.8) is 0 Å². The van der Waals surface area contributed by atoms with E-state index in [0.717, 1.165) is 0 Å². The smallest absolute Gasteiger partial charge is 0.265 e. The molecule has 2 heterocycles. The summed E-state index contributed by atoms with van der Waals surface area (Å²) in [5, 5.41) is 18.8. The Kier molecular flexibility index (Phi) is 2.45. The summed E-state index contributed by atoms with van der Waals surface area (Å²) in [6.07, 6.45) is 3.10. The lowest BCUT2D eigenvalue weighted by atomic mass is 10.1. The van der Waals surface area contributed by atoms with Crippen molar-refractivity contribution in [2.45, 2.75) is 0 Å². The van der Waals surface area contributed by atoms with Gasteiger partial charge in [0.1, 0.15) is 5.65 Å². The van der Waals surface area contributed by atoms with E-state index in [0.29, 0.717) is 16.8 Å². The third-order valence-electron chi connectivity index (χ3n) is 2.90. The van der Waals surface area contributed by atoms with Gasteiger partial charge in [0.05, 0.1) is 5.56 Å². The Labute approximate surface area is 108 Å². The predicted molar refractivity (Wildman–Crippen MR) is 70.2 cm³/mol. The molecule has 0 amide bonds. The minimum absolute atomic E-state index is 0.224. The van der Waals surface area contributed by atoms with E-state index in [1.807, 2.05) is 0 Å². The number of hydrogen-bond acceptors (Lipinski definition) is 4. The van der Waals surface area contributed by atoms with Gasteiger partial charge in [-0.1, -0.05) is 12.1 Å². The van der Waals surface area contributed by atoms with Crippen LogP contribution in [0.4, 0.5) is 0 Å². The van der Waals surface area contributed by atoms with E-state index in [1.165, 1.54) is 22.7 Å². The Hall–Kier alpha value is -2.82. The van der Waals surface area contributed by atoms with Crippen molar-refractivity contribution >= 4 is 5.65 Å². The number of aromatic nitrogens is 2. The standard InChI is InChI=1S/C14H10N2O3/c17-11-5-4-9(7-12(11)18)10-8-15-13-3-1-2-6-16(13)14(10)19/h1-8,17-18H. The SMILES string of the molecule is O=c1c(-c2ccc(O)c(O)c2)cnc2ccccn12. The average molecular weight is 254 g/mol. The van der Waals surface area contributed by atoms with Gasteiger partial charge in [-0.25, -0.2) is 4.98 Å². The summed E-state index contributed by atoms with van der Waals surface area (Å²) in [5.74, 6) is -0.493. The molecule has 0 spiro atoms. The van der Waals surface area contributed by atoms with Crippen molar-refractivity contribution in [1.29, 1.82) is 0 Å². The molecule has 2 N–H and O–H groups in total. The maximum absolute atomic E-state index is 12.3. The minimum atomic E-state index is -0.268. The molecule has 0 atom stereocenters. The molecule has 3 rings (SSSR count). The van der Waals surface area contributed by atoms with Crippen LogP contribution >= 0.6 is 0 Å². The van der Waals surface area contributed by atoms with Crippen molar-refractivity contribution in [3.8, 4) is 22.6 Å². The Bertz CT molecular complexity index is 824. The zero-order valence-electron chi connectivity index (χ0n) is 9.82. The van der Waals surface area contributed by atoms with Crippen molar-refractivity contribution < 1.29 is 10.2 Å². The largest absolute Gasteiger partial charge is 0.504 e. The van der Waals surface area contributed by atoms with Crippen LogP contribution in [-0.2, 0) is 0 Å². The highest BCUT2D eigenvalue weighted by atomic mass is 16.3. The van der Waals surface area contributed by atoms with Crippen LogP contribution in [0.1, 0.15) is 0 Å². The fraction of sp³-hybridized carbons (Fsp3) is 0. The Morgan fingerprint density at radius 1 is 1.05 bits per heavy atom. The van der Waals surface area contributed by atoms with E-state index >= 15 is 0 Å². The molecule has 19 heavy (non-hydrogen) atoms. The quantitative estimate of drug-likeness (QED) is 0.649. The van der Waals surface area contributed by atoms with Gasteiger partial charge < -0.3 is 10.2 Å². The maximum Gasteiger partial charge on any atom is 0.265 e. The number of hydrogen-bond donors (Lipinski definition) is 2. The van der Waals surface area contributed by atoms with Crippen molar-refractivity contribution in [2.24, 2.45) is 0 Å². The summed E-state index contributed by atoms with van der Waals surface area (Å²) in [6, 6.07) is 9.51. The maximum atomic E-state index is 12.3. The van der Waals surface area contributed by atoms with Crippen LogP contribution in [0.5, 0.6) is 11.5 Å². The molecule has 5 nitrogen and oxygen atoms in total. The van der Waals surface area contributed by atoms with Gasteiger partial charge in [0.15, 0.2) is 11.5 Å². The van der Waals surface area contributed by atoms with Gasteiger partial charge in [-0.2, -0.15) is 0 Å². The number of pyridine rings is 1. The van der Waals surface area contributed by atoms with Crippen LogP contribution in [0, 0.1) is 0 Å². The van der Waals surface area contributed by atoms with E-state index in [9.17, 15) is 15.0 Å². The van der Waals surface area contributed by atoms with Gasteiger partial charge in [-0.05, 0) is 29.8 Å². The van der Waals surface area contributed by atoms with Crippen LogP contribution in [0.3, 0.4) is 0 Å². The molecule has 2 aromatic heterocycles. The summed E-state index contributed by atoms with van der Waals surface area (Å²) in [5.41, 5.74) is 1.19. The predicted octanol–water partition coefficient (Wildman–Crippen LogP) is 1.77. The van der Waals surface area contributed by atoms with Crippen LogP contribution in [-0.4, -0.2) is 19.6 Å². The molecule has 0 aliphatic carbocycles. The number of phenolic OH excluding ortho intramolecular Hbond substituents is 2. The molecule has 0 radical (unpaired) electrons. The second-order valence-corrected chi connectivity index (χ2v) is 4.11. The molecule has 5 heteroatoms. The first kappa shape index (κ1) is 11.3. The lowest BCUT2D eigenvalue weighted by molar-refractivity contribution is 0.404. The highest BCUT2D eigenvalue weighted by Gasteiger charge is 2.09. The van der Waals surface area contributed by atoms with E-state index in [2.05, 4.69) is 4.98 Å². The second-order valence-electron chi connectivity index (χ2n) is 4.11. The van der Waals surface area contributed by atoms with Gasteiger partial charge in [0.2, 0.25) is 0 Å². The molecule has 0 saturated carbocycles. The number of benzene rings is 1. The highest BCUT2D eigenvalue weighted by molar-refractivity contribution is 5.66. The number of phenols is 2. The van der Waals surface area contributed by atoms with E-state index in [-0.39, 0.29) is 17.1 Å². The number of aromatic hydroxyl groups is 2. The molecule has 0 fully saturated rings. The molecule has 0 saturated heterocycles.